The second kappa shape index (κ2) is 4.73. The first-order valence-corrected chi connectivity index (χ1v) is 5.47. The number of rotatable bonds is 3. The first-order valence-electron chi connectivity index (χ1n) is 4.59. The van der Waals surface area contributed by atoms with Gasteiger partial charge in [-0.1, -0.05) is 0 Å². The van der Waals surface area contributed by atoms with Gasteiger partial charge in [0.2, 0.25) is 0 Å². The van der Waals surface area contributed by atoms with E-state index in [1.165, 1.54) is 0 Å². The molecule has 5 heteroatoms. The van der Waals surface area contributed by atoms with E-state index in [-0.39, 0.29) is 0 Å². The van der Waals surface area contributed by atoms with E-state index < -0.39 is 0 Å². The van der Waals surface area contributed by atoms with Gasteiger partial charge < -0.3 is 12.5 Å². The quantitative estimate of drug-likeness (QED) is 0.811. The van der Waals surface area contributed by atoms with Gasteiger partial charge in [0.15, 0.2) is 34.5 Å². The molecule has 0 bridgehead atoms. The molecule has 0 saturated carbocycles. The number of ether oxygens (including phenoxy) is 2. The SMILES string of the molecule is COc1cc2c(OC)ccnc2cc1OI. The number of hydrogen-bond donors (Lipinski definition) is 0. The molecule has 84 valence electrons. The lowest BCUT2D eigenvalue weighted by Crippen LogP contribution is -1.91. The molecular weight excluding hydrogens is 321 g/mol. The van der Waals surface area contributed by atoms with E-state index in [0.29, 0.717) is 11.5 Å². The van der Waals surface area contributed by atoms with Crippen LogP contribution in [0.4, 0.5) is 0 Å². The number of aromatic nitrogens is 1. The number of nitrogens with zero attached hydrogens (tertiary/aromatic N) is 1. The Balaban J connectivity index is 2.72. The van der Waals surface area contributed by atoms with E-state index in [1.54, 1.807) is 20.4 Å². The third kappa shape index (κ3) is 1.87. The lowest BCUT2D eigenvalue weighted by molar-refractivity contribution is 0.402. The zero-order valence-electron chi connectivity index (χ0n) is 8.86. The zero-order valence-corrected chi connectivity index (χ0v) is 11.0. The first kappa shape index (κ1) is 11.3. The summed E-state index contributed by atoms with van der Waals surface area (Å²) in [4.78, 5) is 4.25. The number of pyridine rings is 1. The maximum absolute atomic E-state index is 5.26. The zero-order chi connectivity index (χ0) is 11.5. The van der Waals surface area contributed by atoms with Crippen molar-refractivity contribution in [1.29, 1.82) is 0 Å². The third-order valence-electron chi connectivity index (χ3n) is 2.29. The minimum atomic E-state index is 0.649. The van der Waals surface area contributed by atoms with Crippen LogP contribution in [0.1, 0.15) is 0 Å². The maximum Gasteiger partial charge on any atom is 0.192 e. The van der Waals surface area contributed by atoms with Gasteiger partial charge in [0.1, 0.15) is 5.75 Å². The van der Waals surface area contributed by atoms with Crippen LogP contribution in [0, 0.1) is 0 Å². The highest BCUT2D eigenvalue weighted by Crippen LogP contribution is 2.35. The van der Waals surface area contributed by atoms with Crippen molar-refractivity contribution in [3.63, 3.8) is 0 Å². The van der Waals surface area contributed by atoms with Gasteiger partial charge in [-0.25, -0.2) is 0 Å². The molecule has 1 aromatic heterocycles. The predicted octanol–water partition coefficient (Wildman–Crippen LogP) is 2.98. The molecule has 0 amide bonds. The summed E-state index contributed by atoms with van der Waals surface area (Å²) in [5.74, 6) is 2.08. The monoisotopic (exact) mass is 331 g/mol. The van der Waals surface area contributed by atoms with Crippen molar-refractivity contribution < 1.29 is 12.5 Å². The molecule has 0 unspecified atom stereocenters. The van der Waals surface area contributed by atoms with Crippen molar-refractivity contribution in [3.8, 4) is 17.2 Å². The van der Waals surface area contributed by atoms with Crippen LogP contribution < -0.4 is 12.5 Å². The van der Waals surface area contributed by atoms with Crippen LogP contribution in [0.15, 0.2) is 24.4 Å². The van der Waals surface area contributed by atoms with Gasteiger partial charge in [0.05, 0.1) is 19.7 Å². The Morgan fingerprint density at radius 3 is 2.44 bits per heavy atom. The molecule has 4 nitrogen and oxygen atoms in total. The lowest BCUT2D eigenvalue weighted by atomic mass is 10.2. The second-order valence-electron chi connectivity index (χ2n) is 3.11. The van der Waals surface area contributed by atoms with E-state index >= 15 is 0 Å². The molecule has 1 aromatic carbocycles. The molecule has 0 aliphatic heterocycles. The predicted molar refractivity (Wildman–Crippen MR) is 69.5 cm³/mol. The summed E-state index contributed by atoms with van der Waals surface area (Å²) in [6.45, 7) is 0. The number of hydrogen-bond acceptors (Lipinski definition) is 4. The standard InChI is InChI=1S/C11H10INO3/c1-14-9-3-4-13-8-6-11(16-12)10(15-2)5-7(8)9/h3-6H,1-2H3. The van der Waals surface area contributed by atoms with Gasteiger partial charge in [0, 0.05) is 17.6 Å². The summed E-state index contributed by atoms with van der Waals surface area (Å²) in [7, 11) is 3.23. The van der Waals surface area contributed by atoms with Gasteiger partial charge in [0.25, 0.3) is 0 Å². The number of fused-ring (bicyclic) bond motifs is 1. The van der Waals surface area contributed by atoms with E-state index in [4.69, 9.17) is 12.5 Å². The molecule has 0 saturated heterocycles. The number of benzene rings is 1. The molecule has 2 rings (SSSR count). The van der Waals surface area contributed by atoms with Crippen LogP contribution in [0.5, 0.6) is 17.2 Å². The summed E-state index contributed by atoms with van der Waals surface area (Å²) in [5, 5.41) is 0.902. The van der Waals surface area contributed by atoms with Crippen LogP contribution in [0.2, 0.25) is 0 Å². The highest BCUT2D eigenvalue weighted by Gasteiger charge is 2.10. The molecule has 0 fully saturated rings. The maximum atomic E-state index is 5.26. The van der Waals surface area contributed by atoms with E-state index in [1.807, 2.05) is 41.2 Å². The number of methoxy groups -OCH3 is 2. The molecule has 2 aromatic rings. The second-order valence-corrected chi connectivity index (χ2v) is 3.55. The molecule has 0 atom stereocenters. The molecule has 16 heavy (non-hydrogen) atoms. The molecule has 1 heterocycles. The van der Waals surface area contributed by atoms with Crippen molar-refractivity contribution in [1.82, 2.24) is 4.98 Å². The Hall–Kier alpha value is -1.24. The van der Waals surface area contributed by atoms with E-state index in [2.05, 4.69) is 4.98 Å². The third-order valence-corrected chi connectivity index (χ3v) is 2.76. The van der Waals surface area contributed by atoms with Crippen molar-refractivity contribution >= 4 is 33.9 Å². The first-order chi connectivity index (χ1) is 7.80. The fourth-order valence-electron chi connectivity index (χ4n) is 1.53. The fourth-order valence-corrected chi connectivity index (χ4v) is 1.87. The Kier molecular flexibility index (Phi) is 3.33. The summed E-state index contributed by atoms with van der Waals surface area (Å²) in [6.07, 6.45) is 1.70. The van der Waals surface area contributed by atoms with Crippen LogP contribution in [0.3, 0.4) is 0 Å². The smallest absolute Gasteiger partial charge is 0.192 e. The summed E-state index contributed by atoms with van der Waals surface area (Å²) in [6, 6.07) is 5.49. The largest absolute Gasteiger partial charge is 0.496 e. The van der Waals surface area contributed by atoms with Gasteiger partial charge in [-0.3, -0.25) is 4.98 Å². The Morgan fingerprint density at radius 1 is 1.06 bits per heavy atom. The van der Waals surface area contributed by atoms with Gasteiger partial charge in [-0.05, 0) is 12.1 Å². The minimum absolute atomic E-state index is 0.649. The highest BCUT2D eigenvalue weighted by molar-refractivity contribution is 14.1. The average molecular weight is 331 g/mol. The summed E-state index contributed by atoms with van der Waals surface area (Å²) in [5.41, 5.74) is 0.812. The molecule has 0 aliphatic rings. The molecule has 0 spiro atoms. The molecule has 0 aliphatic carbocycles. The van der Waals surface area contributed by atoms with Crippen LogP contribution in [0.25, 0.3) is 10.9 Å². The Morgan fingerprint density at radius 2 is 1.81 bits per heavy atom. The molecule has 0 N–H and O–H groups in total. The van der Waals surface area contributed by atoms with Gasteiger partial charge in [-0.15, -0.1) is 0 Å². The van der Waals surface area contributed by atoms with Crippen molar-refractivity contribution in [2.24, 2.45) is 0 Å². The number of halogens is 1. The molecular formula is C11H10INO3. The van der Waals surface area contributed by atoms with Crippen molar-refractivity contribution in [2.75, 3.05) is 14.2 Å². The van der Waals surface area contributed by atoms with Gasteiger partial charge >= 0.3 is 0 Å². The Labute approximate surface area is 107 Å². The van der Waals surface area contributed by atoms with Crippen LogP contribution in [-0.4, -0.2) is 19.2 Å². The van der Waals surface area contributed by atoms with Crippen LogP contribution >= 0.6 is 23.0 Å². The van der Waals surface area contributed by atoms with Crippen molar-refractivity contribution in [3.05, 3.63) is 24.4 Å². The van der Waals surface area contributed by atoms with Gasteiger partial charge in [-0.2, -0.15) is 0 Å². The van der Waals surface area contributed by atoms with E-state index in [9.17, 15) is 0 Å². The molecule has 0 radical (unpaired) electrons. The van der Waals surface area contributed by atoms with Crippen molar-refractivity contribution in [2.45, 2.75) is 0 Å². The topological polar surface area (TPSA) is 40.6 Å². The highest BCUT2D eigenvalue weighted by atomic mass is 127. The fraction of sp³-hybridized carbons (Fsp3) is 0.182. The summed E-state index contributed by atoms with van der Waals surface area (Å²) >= 11 is 1.81. The average Bonchev–Trinajstić information content (AvgIpc) is 2.36. The normalized spacial score (nSPS) is 10.2. The summed E-state index contributed by atoms with van der Waals surface area (Å²) < 4.78 is 15.7. The van der Waals surface area contributed by atoms with Crippen LogP contribution in [-0.2, 0) is 0 Å². The minimum Gasteiger partial charge on any atom is -0.496 e. The lowest BCUT2D eigenvalue weighted by Gasteiger charge is -2.09. The Bertz CT molecular complexity index is 516. The van der Waals surface area contributed by atoms with E-state index in [0.717, 1.165) is 16.7 Å².